The van der Waals surface area contributed by atoms with Crippen molar-refractivity contribution < 1.29 is 0 Å². The maximum atomic E-state index is 4.76. The largest absolute Gasteiger partial charge is 0.352 e. The van der Waals surface area contributed by atoms with Gasteiger partial charge in [0.05, 0.1) is 16.7 Å². The number of aryl methyl sites for hydroxylation is 3. The van der Waals surface area contributed by atoms with Crippen LogP contribution in [0.5, 0.6) is 0 Å². The van der Waals surface area contributed by atoms with Crippen molar-refractivity contribution in [2.45, 2.75) is 33.7 Å². The molecule has 24 heavy (non-hydrogen) atoms. The highest BCUT2D eigenvalue weighted by Crippen LogP contribution is 2.31. The van der Waals surface area contributed by atoms with Gasteiger partial charge in [0.25, 0.3) is 0 Å². The van der Waals surface area contributed by atoms with Crippen LogP contribution in [0.4, 0.5) is 5.82 Å². The van der Waals surface area contributed by atoms with E-state index in [0.29, 0.717) is 0 Å². The first kappa shape index (κ1) is 16.5. The second-order valence-corrected chi connectivity index (χ2v) is 7.13. The Morgan fingerprint density at radius 3 is 2.38 bits per heavy atom. The molecule has 0 saturated carbocycles. The van der Waals surface area contributed by atoms with Gasteiger partial charge in [-0.15, -0.1) is 11.3 Å². The summed E-state index contributed by atoms with van der Waals surface area (Å²) in [6.07, 6.45) is 3.52. The molecule has 0 aliphatic carbocycles. The number of thiazole rings is 1. The molecule has 3 rings (SSSR count). The van der Waals surface area contributed by atoms with E-state index >= 15 is 0 Å². The normalized spacial score (nSPS) is 12.2. The van der Waals surface area contributed by atoms with E-state index in [1.807, 2.05) is 32.0 Å². The first-order chi connectivity index (χ1) is 11.5. The lowest BCUT2D eigenvalue weighted by Crippen LogP contribution is -2.23. The summed E-state index contributed by atoms with van der Waals surface area (Å²) >= 11 is 1.75. The van der Waals surface area contributed by atoms with Crippen molar-refractivity contribution in [3.8, 4) is 11.4 Å². The van der Waals surface area contributed by atoms with Crippen LogP contribution in [0, 0.1) is 20.8 Å². The fourth-order valence-electron chi connectivity index (χ4n) is 2.67. The molecule has 0 amide bonds. The van der Waals surface area contributed by atoms with Crippen LogP contribution < -0.4 is 4.90 Å². The van der Waals surface area contributed by atoms with E-state index in [9.17, 15) is 0 Å². The monoisotopic (exact) mass is 339 g/mol. The van der Waals surface area contributed by atoms with Crippen molar-refractivity contribution >= 4 is 17.2 Å². The highest BCUT2D eigenvalue weighted by atomic mass is 32.1. The van der Waals surface area contributed by atoms with Crippen molar-refractivity contribution in [2.24, 2.45) is 0 Å². The molecular weight excluding hydrogens is 318 g/mol. The molecule has 0 spiro atoms. The number of nitrogens with zero attached hydrogens (tertiary/aromatic N) is 5. The molecule has 0 aliphatic rings. The van der Waals surface area contributed by atoms with Crippen LogP contribution >= 0.6 is 11.3 Å². The van der Waals surface area contributed by atoms with Gasteiger partial charge in [0.15, 0.2) is 5.82 Å². The Hall–Kier alpha value is -2.34. The highest BCUT2D eigenvalue weighted by Gasteiger charge is 2.19. The van der Waals surface area contributed by atoms with Crippen LogP contribution in [-0.2, 0) is 0 Å². The first-order valence-electron chi connectivity index (χ1n) is 7.88. The molecule has 1 atom stereocenters. The van der Waals surface area contributed by atoms with Gasteiger partial charge in [0.1, 0.15) is 5.82 Å². The molecule has 0 radical (unpaired) electrons. The highest BCUT2D eigenvalue weighted by molar-refractivity contribution is 7.11. The molecule has 6 heteroatoms. The molecule has 0 bridgehead atoms. The number of hydrogen-bond donors (Lipinski definition) is 0. The lowest BCUT2D eigenvalue weighted by molar-refractivity contribution is 0.732. The number of aromatic nitrogens is 4. The van der Waals surface area contributed by atoms with Gasteiger partial charge in [-0.25, -0.2) is 15.0 Å². The van der Waals surface area contributed by atoms with Crippen LogP contribution in [0.25, 0.3) is 11.4 Å². The van der Waals surface area contributed by atoms with Crippen LogP contribution in [-0.4, -0.2) is 27.0 Å². The standard InChI is InChI=1S/C18H21N5S/c1-11-10-16(22-18(20-11)15-6-8-19-9-7-15)23(5)13(3)17-12(2)21-14(4)24-17/h6-10,13H,1-5H3/t13-/m1/s1. The molecule has 0 unspecified atom stereocenters. The molecule has 5 nitrogen and oxygen atoms in total. The summed E-state index contributed by atoms with van der Waals surface area (Å²) in [7, 11) is 2.07. The van der Waals surface area contributed by atoms with E-state index in [1.54, 1.807) is 23.7 Å². The Kier molecular flexibility index (Phi) is 4.57. The molecule has 124 valence electrons. The molecule has 0 aliphatic heterocycles. The van der Waals surface area contributed by atoms with Gasteiger partial charge in [-0.05, 0) is 39.8 Å². The maximum absolute atomic E-state index is 4.76. The zero-order valence-corrected chi connectivity index (χ0v) is 15.4. The Labute approximate surface area is 146 Å². The molecule has 3 aromatic heterocycles. The van der Waals surface area contributed by atoms with E-state index in [4.69, 9.17) is 4.98 Å². The topological polar surface area (TPSA) is 54.8 Å². The minimum absolute atomic E-state index is 0.204. The Bertz CT molecular complexity index is 844. The summed E-state index contributed by atoms with van der Waals surface area (Å²) in [5.74, 6) is 1.64. The zero-order valence-electron chi connectivity index (χ0n) is 14.6. The first-order valence-corrected chi connectivity index (χ1v) is 8.70. The van der Waals surface area contributed by atoms with Crippen LogP contribution in [0.2, 0.25) is 0 Å². The van der Waals surface area contributed by atoms with E-state index in [2.05, 4.69) is 40.7 Å². The minimum Gasteiger partial charge on any atom is -0.352 e. The molecule has 0 aromatic carbocycles. The van der Waals surface area contributed by atoms with Crippen molar-refractivity contribution in [2.75, 3.05) is 11.9 Å². The van der Waals surface area contributed by atoms with Crippen molar-refractivity contribution in [1.82, 2.24) is 19.9 Å². The van der Waals surface area contributed by atoms with Gasteiger partial charge >= 0.3 is 0 Å². The van der Waals surface area contributed by atoms with Crippen molar-refractivity contribution in [3.05, 3.63) is 51.9 Å². The van der Waals surface area contributed by atoms with Gasteiger partial charge < -0.3 is 4.90 Å². The lowest BCUT2D eigenvalue weighted by Gasteiger charge is -2.26. The Morgan fingerprint density at radius 1 is 1.04 bits per heavy atom. The Morgan fingerprint density at radius 2 is 1.75 bits per heavy atom. The second kappa shape index (κ2) is 6.65. The van der Waals surface area contributed by atoms with E-state index in [-0.39, 0.29) is 6.04 Å². The third kappa shape index (κ3) is 3.28. The molecular formula is C18H21N5S. The van der Waals surface area contributed by atoms with Gasteiger partial charge in [0, 0.05) is 41.6 Å². The van der Waals surface area contributed by atoms with Gasteiger partial charge in [-0.2, -0.15) is 0 Å². The molecule has 3 heterocycles. The molecule has 0 saturated heterocycles. The third-order valence-corrected chi connectivity index (χ3v) is 5.28. The van der Waals surface area contributed by atoms with Crippen molar-refractivity contribution in [3.63, 3.8) is 0 Å². The summed E-state index contributed by atoms with van der Waals surface area (Å²) in [5.41, 5.74) is 3.01. The molecule has 3 aromatic rings. The van der Waals surface area contributed by atoms with E-state index in [0.717, 1.165) is 33.6 Å². The molecule has 0 N–H and O–H groups in total. The fourth-order valence-corrected chi connectivity index (χ4v) is 3.69. The summed E-state index contributed by atoms with van der Waals surface area (Å²) < 4.78 is 0. The average molecular weight is 339 g/mol. The average Bonchev–Trinajstić information content (AvgIpc) is 2.92. The minimum atomic E-state index is 0.204. The van der Waals surface area contributed by atoms with Gasteiger partial charge in [-0.1, -0.05) is 0 Å². The summed E-state index contributed by atoms with van der Waals surface area (Å²) in [4.78, 5) is 21.4. The lowest BCUT2D eigenvalue weighted by atomic mass is 10.2. The van der Waals surface area contributed by atoms with E-state index < -0.39 is 0 Å². The quantitative estimate of drug-likeness (QED) is 0.716. The van der Waals surface area contributed by atoms with E-state index in [1.165, 1.54) is 4.88 Å². The molecule has 0 fully saturated rings. The smallest absolute Gasteiger partial charge is 0.161 e. The summed E-state index contributed by atoms with van der Waals surface area (Å²) in [5, 5.41) is 1.10. The number of rotatable bonds is 4. The summed E-state index contributed by atoms with van der Waals surface area (Å²) in [6.45, 7) is 8.29. The maximum Gasteiger partial charge on any atom is 0.161 e. The second-order valence-electron chi connectivity index (χ2n) is 5.90. The predicted molar refractivity (Wildman–Crippen MR) is 98.4 cm³/mol. The SMILES string of the molecule is Cc1cc(N(C)[C@H](C)c2sc(C)nc2C)nc(-c2ccncc2)n1. The van der Waals surface area contributed by atoms with Gasteiger partial charge in [0.2, 0.25) is 0 Å². The fraction of sp³-hybridized carbons (Fsp3) is 0.333. The van der Waals surface area contributed by atoms with Crippen LogP contribution in [0.15, 0.2) is 30.6 Å². The number of hydrogen-bond acceptors (Lipinski definition) is 6. The van der Waals surface area contributed by atoms with Gasteiger partial charge in [-0.3, -0.25) is 4.98 Å². The van der Waals surface area contributed by atoms with Crippen LogP contribution in [0.3, 0.4) is 0 Å². The number of anilines is 1. The Balaban J connectivity index is 1.97. The third-order valence-electron chi connectivity index (χ3n) is 4.04. The summed E-state index contributed by atoms with van der Waals surface area (Å²) in [6, 6.07) is 6.08. The van der Waals surface area contributed by atoms with Crippen LogP contribution in [0.1, 0.15) is 34.2 Å². The zero-order chi connectivity index (χ0) is 17.3. The predicted octanol–water partition coefficient (Wildman–Crippen LogP) is 4.12. The number of pyridine rings is 1. The van der Waals surface area contributed by atoms with Crippen molar-refractivity contribution in [1.29, 1.82) is 0 Å².